The van der Waals surface area contributed by atoms with Crippen LogP contribution in [0.15, 0.2) is 59.8 Å². The van der Waals surface area contributed by atoms with Crippen LogP contribution >= 0.6 is 0 Å². The fourth-order valence-corrected chi connectivity index (χ4v) is 1.49. The number of amides is 1. The predicted octanol–water partition coefficient (Wildman–Crippen LogP) is 3.06. The molecular formula is C15H14N2O2. The Bertz CT molecular complexity index is 562. The van der Waals surface area contributed by atoms with Crippen LogP contribution in [0.4, 0.5) is 5.69 Å². The third-order valence-electron chi connectivity index (χ3n) is 2.33. The lowest BCUT2D eigenvalue weighted by atomic mass is 10.2. The van der Waals surface area contributed by atoms with Crippen molar-refractivity contribution in [3.63, 3.8) is 0 Å². The summed E-state index contributed by atoms with van der Waals surface area (Å²) in [6.07, 6.45) is 1.62. The normalized spacial score (nSPS) is 10.4. The van der Waals surface area contributed by atoms with Crippen LogP contribution < -0.4 is 10.2 Å². The average Bonchev–Trinajstić information content (AvgIpc) is 2.41. The Morgan fingerprint density at radius 2 is 1.79 bits per heavy atom. The fraction of sp³-hybridized carbons (Fsp3) is 0.0667. The molecule has 0 aromatic heterocycles. The zero-order chi connectivity index (χ0) is 13.5. The molecule has 4 heteroatoms. The van der Waals surface area contributed by atoms with Gasteiger partial charge in [0.15, 0.2) is 5.75 Å². The van der Waals surface area contributed by atoms with E-state index in [9.17, 15) is 4.79 Å². The molecule has 0 atom stereocenters. The summed E-state index contributed by atoms with van der Waals surface area (Å²) in [6, 6.07) is 16.7. The lowest BCUT2D eigenvalue weighted by Gasteiger charge is -2.01. The van der Waals surface area contributed by atoms with Crippen molar-refractivity contribution in [1.29, 1.82) is 0 Å². The van der Waals surface area contributed by atoms with Crippen molar-refractivity contribution in [3.8, 4) is 5.75 Å². The lowest BCUT2D eigenvalue weighted by molar-refractivity contribution is -0.114. The van der Waals surface area contributed by atoms with Crippen molar-refractivity contribution < 1.29 is 9.63 Å². The van der Waals surface area contributed by atoms with Gasteiger partial charge in [-0.05, 0) is 29.8 Å². The van der Waals surface area contributed by atoms with Gasteiger partial charge in [-0.2, -0.15) is 0 Å². The van der Waals surface area contributed by atoms with Crippen LogP contribution in [0.5, 0.6) is 5.75 Å². The molecule has 1 amide bonds. The number of carbonyl (C=O) groups is 1. The van der Waals surface area contributed by atoms with Gasteiger partial charge >= 0.3 is 0 Å². The standard InChI is InChI=1S/C15H14N2O2/c1-12(18)17-14-9-7-13(8-10-14)11-16-19-15-5-3-2-4-6-15/h2-11H,1H3,(H,17,18). The molecular weight excluding hydrogens is 240 g/mol. The second-order valence-corrected chi connectivity index (χ2v) is 3.94. The highest BCUT2D eigenvalue weighted by Gasteiger charge is 1.95. The van der Waals surface area contributed by atoms with Crippen LogP contribution in [-0.4, -0.2) is 12.1 Å². The minimum atomic E-state index is -0.0890. The minimum absolute atomic E-state index is 0.0890. The second kappa shape index (κ2) is 6.35. The van der Waals surface area contributed by atoms with Crippen LogP contribution in [0.3, 0.4) is 0 Å². The first kappa shape index (κ1) is 12.8. The van der Waals surface area contributed by atoms with Crippen molar-refractivity contribution in [2.45, 2.75) is 6.92 Å². The average molecular weight is 254 g/mol. The Morgan fingerprint density at radius 3 is 2.42 bits per heavy atom. The molecule has 0 radical (unpaired) electrons. The van der Waals surface area contributed by atoms with Gasteiger partial charge in [-0.3, -0.25) is 4.79 Å². The number of anilines is 1. The molecule has 0 saturated carbocycles. The summed E-state index contributed by atoms with van der Waals surface area (Å²) < 4.78 is 0. The highest BCUT2D eigenvalue weighted by Crippen LogP contribution is 2.10. The molecule has 0 aliphatic heterocycles. The number of benzene rings is 2. The molecule has 0 bridgehead atoms. The van der Waals surface area contributed by atoms with Crippen molar-refractivity contribution in [2.75, 3.05) is 5.32 Å². The third-order valence-corrected chi connectivity index (χ3v) is 2.33. The molecule has 1 N–H and O–H groups in total. The van der Waals surface area contributed by atoms with E-state index < -0.39 is 0 Å². The number of hydrogen-bond donors (Lipinski definition) is 1. The smallest absolute Gasteiger partial charge is 0.221 e. The quantitative estimate of drug-likeness (QED) is 0.673. The summed E-state index contributed by atoms with van der Waals surface area (Å²) in [5.41, 5.74) is 1.65. The topological polar surface area (TPSA) is 50.7 Å². The predicted molar refractivity (Wildman–Crippen MR) is 75.4 cm³/mol. The van der Waals surface area contributed by atoms with Gasteiger partial charge in [-0.15, -0.1) is 0 Å². The zero-order valence-corrected chi connectivity index (χ0v) is 10.5. The maximum absolute atomic E-state index is 10.9. The number of oxime groups is 1. The van der Waals surface area contributed by atoms with E-state index in [1.54, 1.807) is 6.21 Å². The van der Waals surface area contributed by atoms with Crippen LogP contribution in [0, 0.1) is 0 Å². The molecule has 4 nitrogen and oxygen atoms in total. The van der Waals surface area contributed by atoms with Crippen LogP contribution in [-0.2, 0) is 4.79 Å². The van der Waals surface area contributed by atoms with Crippen LogP contribution in [0.1, 0.15) is 12.5 Å². The van der Waals surface area contributed by atoms with Crippen molar-refractivity contribution in [3.05, 3.63) is 60.2 Å². The Morgan fingerprint density at radius 1 is 1.11 bits per heavy atom. The highest BCUT2D eigenvalue weighted by molar-refractivity contribution is 5.89. The Labute approximate surface area is 111 Å². The van der Waals surface area contributed by atoms with Crippen molar-refractivity contribution in [2.24, 2.45) is 5.16 Å². The van der Waals surface area contributed by atoms with E-state index in [2.05, 4.69) is 10.5 Å². The summed E-state index contributed by atoms with van der Waals surface area (Å²) in [4.78, 5) is 16.1. The summed E-state index contributed by atoms with van der Waals surface area (Å²) >= 11 is 0. The number of nitrogens with zero attached hydrogens (tertiary/aromatic N) is 1. The highest BCUT2D eigenvalue weighted by atomic mass is 16.6. The van der Waals surface area contributed by atoms with E-state index >= 15 is 0 Å². The number of hydrogen-bond acceptors (Lipinski definition) is 3. The van der Waals surface area contributed by atoms with E-state index in [0.717, 1.165) is 11.3 Å². The third kappa shape index (κ3) is 4.27. The molecule has 2 aromatic rings. The molecule has 19 heavy (non-hydrogen) atoms. The number of para-hydroxylation sites is 1. The molecule has 96 valence electrons. The van der Waals surface area contributed by atoms with E-state index in [1.807, 2.05) is 54.6 Å². The zero-order valence-electron chi connectivity index (χ0n) is 10.5. The van der Waals surface area contributed by atoms with Gasteiger partial charge in [0, 0.05) is 12.6 Å². The number of nitrogens with one attached hydrogen (secondary N) is 1. The molecule has 0 aliphatic rings. The Balaban J connectivity index is 1.94. The maximum Gasteiger partial charge on any atom is 0.221 e. The maximum atomic E-state index is 10.9. The summed E-state index contributed by atoms with van der Waals surface area (Å²) in [7, 11) is 0. The first-order valence-corrected chi connectivity index (χ1v) is 5.87. The fourth-order valence-electron chi connectivity index (χ4n) is 1.49. The molecule has 0 heterocycles. The van der Waals surface area contributed by atoms with Gasteiger partial charge in [-0.25, -0.2) is 0 Å². The first-order valence-electron chi connectivity index (χ1n) is 5.87. The monoisotopic (exact) mass is 254 g/mol. The van der Waals surface area contributed by atoms with Gasteiger partial charge in [0.2, 0.25) is 5.91 Å². The van der Waals surface area contributed by atoms with E-state index in [4.69, 9.17) is 4.84 Å². The lowest BCUT2D eigenvalue weighted by Crippen LogP contribution is -2.05. The molecule has 0 saturated heterocycles. The second-order valence-electron chi connectivity index (χ2n) is 3.94. The minimum Gasteiger partial charge on any atom is -0.357 e. The molecule has 2 rings (SSSR count). The largest absolute Gasteiger partial charge is 0.357 e. The molecule has 0 spiro atoms. The number of carbonyl (C=O) groups excluding carboxylic acids is 1. The van der Waals surface area contributed by atoms with E-state index in [-0.39, 0.29) is 5.91 Å². The van der Waals surface area contributed by atoms with Gasteiger partial charge in [0.1, 0.15) is 0 Å². The first-order chi connectivity index (χ1) is 9.24. The summed E-state index contributed by atoms with van der Waals surface area (Å²) in [6.45, 7) is 1.48. The molecule has 0 unspecified atom stereocenters. The van der Waals surface area contributed by atoms with Crippen LogP contribution in [0.2, 0.25) is 0 Å². The van der Waals surface area contributed by atoms with Crippen molar-refractivity contribution >= 4 is 17.8 Å². The Hall–Kier alpha value is -2.62. The molecule has 2 aromatic carbocycles. The van der Waals surface area contributed by atoms with Crippen LogP contribution in [0.25, 0.3) is 0 Å². The SMILES string of the molecule is CC(=O)Nc1ccc(C=NOc2ccccc2)cc1. The summed E-state index contributed by atoms with van der Waals surface area (Å²) in [5, 5.41) is 6.59. The molecule has 0 aliphatic carbocycles. The number of rotatable bonds is 4. The van der Waals surface area contributed by atoms with Gasteiger partial charge in [0.25, 0.3) is 0 Å². The Kier molecular flexibility index (Phi) is 4.29. The van der Waals surface area contributed by atoms with Gasteiger partial charge in [-0.1, -0.05) is 35.5 Å². The molecule has 0 fully saturated rings. The van der Waals surface area contributed by atoms with E-state index in [0.29, 0.717) is 5.75 Å². The van der Waals surface area contributed by atoms with Gasteiger partial charge in [0.05, 0.1) is 6.21 Å². The van der Waals surface area contributed by atoms with Gasteiger partial charge < -0.3 is 10.2 Å². The van der Waals surface area contributed by atoms with E-state index in [1.165, 1.54) is 6.92 Å². The van der Waals surface area contributed by atoms with Crippen molar-refractivity contribution in [1.82, 2.24) is 0 Å². The summed E-state index contributed by atoms with van der Waals surface area (Å²) in [5.74, 6) is 0.599.